The molecule has 0 amide bonds. The molecular formula is C19H21BrFN2O8P. The average Bonchev–Trinajstić information content (AvgIpc) is 2.92. The number of hydrogen-bond donors (Lipinski definition) is 2. The number of ether oxygens (including phenoxy) is 1. The fourth-order valence-electron chi connectivity index (χ4n) is 2.93. The normalized spacial score (nSPS) is 28.1. The van der Waals surface area contributed by atoms with E-state index in [1.165, 1.54) is 26.0 Å². The Kier molecular flexibility index (Phi) is 7.21. The second-order valence-corrected chi connectivity index (χ2v) is 10.5. The summed E-state index contributed by atoms with van der Waals surface area (Å²) in [6.45, 7) is 2.83. The molecule has 2 N–H and O–H groups in total. The molecule has 0 aliphatic carbocycles. The average molecular weight is 535 g/mol. The third-order valence-corrected chi connectivity index (χ3v) is 7.67. The van der Waals surface area contributed by atoms with Crippen LogP contribution in [0.15, 0.2) is 52.2 Å². The van der Waals surface area contributed by atoms with E-state index in [9.17, 15) is 24.1 Å². The Morgan fingerprint density at radius 3 is 2.62 bits per heavy atom. The summed E-state index contributed by atoms with van der Waals surface area (Å²) in [5.74, 6) is -0.853. The molecule has 0 spiro atoms. The number of aliphatic hydroxyl groups is 1. The first-order valence-electron chi connectivity index (χ1n) is 9.48. The Hall–Kier alpha value is -2.11. The molecule has 13 heteroatoms. The minimum Gasteiger partial charge on any atom is -0.424 e. The molecule has 3 rings (SSSR count). The number of aliphatic hydroxyl groups excluding tert-OH is 1. The van der Waals surface area contributed by atoms with Crippen LogP contribution < -0.4 is 15.8 Å². The van der Waals surface area contributed by atoms with Crippen molar-refractivity contribution in [3.05, 3.63) is 63.4 Å². The number of para-hydroxylation sites is 1. The first-order chi connectivity index (χ1) is 14.9. The maximum atomic E-state index is 15.3. The Morgan fingerprint density at radius 2 is 2.03 bits per heavy atom. The molecule has 0 radical (unpaired) electrons. The minimum absolute atomic E-state index is 0.165. The van der Waals surface area contributed by atoms with E-state index in [-0.39, 0.29) is 17.7 Å². The van der Waals surface area contributed by atoms with E-state index in [1.807, 2.05) is 4.98 Å². The Morgan fingerprint density at radius 1 is 1.38 bits per heavy atom. The van der Waals surface area contributed by atoms with Crippen LogP contribution in [0.1, 0.15) is 20.1 Å². The summed E-state index contributed by atoms with van der Waals surface area (Å²) >= 11 is 2.69. The SMILES string of the molecule is CC(=O)[C@H](C)CP(=O)(Oc1ccccc1)O[C@H]1O[C@@H](n2ccc(=O)[nH]c2=O)[C@@](F)(Br)C1O. The molecule has 2 aromatic rings. The lowest BCUT2D eigenvalue weighted by Gasteiger charge is -2.25. The molecular weight excluding hydrogens is 514 g/mol. The highest BCUT2D eigenvalue weighted by Crippen LogP contribution is 2.55. The van der Waals surface area contributed by atoms with Gasteiger partial charge in [0.25, 0.3) is 5.56 Å². The van der Waals surface area contributed by atoms with E-state index in [4.69, 9.17) is 13.8 Å². The third-order valence-electron chi connectivity index (χ3n) is 4.79. The van der Waals surface area contributed by atoms with Crippen LogP contribution in [0.2, 0.25) is 0 Å². The van der Waals surface area contributed by atoms with Crippen LogP contribution in [0.5, 0.6) is 5.75 Å². The highest BCUT2D eigenvalue weighted by molar-refractivity contribution is 9.10. The molecule has 1 saturated heterocycles. The monoisotopic (exact) mass is 534 g/mol. The molecule has 1 aromatic carbocycles. The molecule has 1 aromatic heterocycles. The zero-order chi connectivity index (χ0) is 23.7. The maximum absolute atomic E-state index is 15.3. The van der Waals surface area contributed by atoms with E-state index in [0.717, 1.165) is 12.3 Å². The largest absolute Gasteiger partial charge is 0.424 e. The first-order valence-corrected chi connectivity index (χ1v) is 12.0. The van der Waals surface area contributed by atoms with Gasteiger partial charge in [0.05, 0.1) is 6.16 Å². The number of carbonyl (C=O) groups excluding carboxylic acids is 1. The number of benzene rings is 1. The van der Waals surface area contributed by atoms with Crippen molar-refractivity contribution in [2.24, 2.45) is 5.92 Å². The standard InChI is InChI=1S/C19H21BrFN2O8P/c1-11(12(2)24)10-32(28,30-13-6-4-3-5-7-13)31-16-15(26)19(20,21)17(29-16)23-9-8-14(25)22-18(23)27/h3-9,11,15-17,26H,10H2,1-2H3,(H,22,25,27)/t11-,15?,16-,17-,19-,32?/m1/s1. The Balaban J connectivity index is 1.91. The van der Waals surface area contributed by atoms with Gasteiger partial charge in [0.1, 0.15) is 11.5 Å². The molecule has 0 bridgehead atoms. The van der Waals surface area contributed by atoms with Gasteiger partial charge in [-0.1, -0.05) is 25.1 Å². The van der Waals surface area contributed by atoms with E-state index >= 15 is 4.39 Å². The molecule has 2 unspecified atom stereocenters. The van der Waals surface area contributed by atoms with Crippen LogP contribution in [0.4, 0.5) is 4.39 Å². The van der Waals surface area contributed by atoms with Gasteiger partial charge in [-0.2, -0.15) is 0 Å². The van der Waals surface area contributed by atoms with Crippen LogP contribution in [0.25, 0.3) is 0 Å². The van der Waals surface area contributed by atoms with Gasteiger partial charge in [-0.15, -0.1) is 0 Å². The molecule has 1 fully saturated rings. The number of carbonyl (C=O) groups is 1. The number of hydrogen-bond acceptors (Lipinski definition) is 8. The highest BCUT2D eigenvalue weighted by atomic mass is 79.9. The summed E-state index contributed by atoms with van der Waals surface area (Å²) in [5, 5.41) is 10.5. The Labute approximate surface area is 190 Å². The number of halogens is 2. The third kappa shape index (κ3) is 5.26. The number of Topliss-reactive ketones (excluding diaryl/α,β-unsaturated/α-hetero) is 1. The molecule has 174 valence electrons. The van der Waals surface area contributed by atoms with Crippen molar-refractivity contribution in [3.8, 4) is 5.75 Å². The van der Waals surface area contributed by atoms with Crippen LogP contribution >= 0.6 is 23.5 Å². The van der Waals surface area contributed by atoms with Gasteiger partial charge >= 0.3 is 13.3 Å². The quantitative estimate of drug-likeness (QED) is 0.389. The van der Waals surface area contributed by atoms with Crippen LogP contribution in [0, 0.1) is 5.92 Å². The van der Waals surface area contributed by atoms with E-state index < -0.39 is 48.0 Å². The van der Waals surface area contributed by atoms with Gasteiger partial charge in [-0.3, -0.25) is 23.7 Å². The number of ketones is 1. The molecule has 10 nitrogen and oxygen atoms in total. The second-order valence-electron chi connectivity index (χ2n) is 7.31. The summed E-state index contributed by atoms with van der Waals surface area (Å²) < 4.78 is 43.1. The van der Waals surface area contributed by atoms with Gasteiger partial charge in [-0.05, 0) is 35.0 Å². The fraction of sp³-hybridized carbons (Fsp3) is 0.421. The van der Waals surface area contributed by atoms with Crippen molar-refractivity contribution in [3.63, 3.8) is 0 Å². The minimum atomic E-state index is -4.17. The zero-order valence-electron chi connectivity index (χ0n) is 17.0. The zero-order valence-corrected chi connectivity index (χ0v) is 19.5. The number of aromatic nitrogens is 2. The van der Waals surface area contributed by atoms with Crippen molar-refractivity contribution in [1.29, 1.82) is 0 Å². The van der Waals surface area contributed by atoms with Gasteiger partial charge in [0, 0.05) is 18.2 Å². The van der Waals surface area contributed by atoms with Crippen LogP contribution in [-0.4, -0.2) is 43.6 Å². The topological polar surface area (TPSA) is 137 Å². The Bertz CT molecular complexity index is 1140. The van der Waals surface area contributed by atoms with Crippen molar-refractivity contribution < 1.29 is 32.6 Å². The van der Waals surface area contributed by atoms with Crippen LogP contribution in [0.3, 0.4) is 0 Å². The fourth-order valence-corrected chi connectivity index (χ4v) is 5.53. The molecule has 32 heavy (non-hydrogen) atoms. The van der Waals surface area contributed by atoms with Crippen molar-refractivity contribution >= 4 is 29.3 Å². The lowest BCUT2D eigenvalue weighted by atomic mass is 10.1. The summed E-state index contributed by atoms with van der Waals surface area (Å²) in [6.07, 6.45) is -5.05. The van der Waals surface area contributed by atoms with E-state index in [2.05, 4.69) is 15.9 Å². The summed E-state index contributed by atoms with van der Waals surface area (Å²) in [7, 11) is -4.17. The maximum Gasteiger partial charge on any atom is 0.382 e. The number of alkyl halides is 2. The summed E-state index contributed by atoms with van der Waals surface area (Å²) in [4.78, 5) is 37.1. The van der Waals surface area contributed by atoms with Gasteiger partial charge < -0.3 is 14.4 Å². The van der Waals surface area contributed by atoms with Crippen molar-refractivity contribution in [2.75, 3.05) is 6.16 Å². The number of H-pyrrole nitrogens is 1. The van der Waals surface area contributed by atoms with Gasteiger partial charge in [-0.25, -0.2) is 13.8 Å². The summed E-state index contributed by atoms with van der Waals surface area (Å²) in [6, 6.07) is 8.93. The van der Waals surface area contributed by atoms with Gasteiger partial charge in [0.2, 0.25) is 10.9 Å². The summed E-state index contributed by atoms with van der Waals surface area (Å²) in [5.41, 5.74) is -1.71. The van der Waals surface area contributed by atoms with Crippen LogP contribution in [-0.2, 0) is 18.6 Å². The first kappa shape index (κ1) is 24.5. The number of aromatic amines is 1. The van der Waals surface area contributed by atoms with Gasteiger partial charge in [0.15, 0.2) is 12.3 Å². The van der Waals surface area contributed by atoms with E-state index in [1.54, 1.807) is 18.2 Å². The lowest BCUT2D eigenvalue weighted by Crippen LogP contribution is -2.41. The predicted molar refractivity (Wildman–Crippen MR) is 114 cm³/mol. The van der Waals surface area contributed by atoms with E-state index in [0.29, 0.717) is 4.57 Å². The lowest BCUT2D eigenvalue weighted by molar-refractivity contribution is -0.130. The predicted octanol–water partition coefficient (Wildman–Crippen LogP) is 2.33. The molecule has 2 heterocycles. The number of rotatable bonds is 8. The number of nitrogens with zero attached hydrogens (tertiary/aromatic N) is 1. The van der Waals surface area contributed by atoms with Crippen molar-refractivity contribution in [2.45, 2.75) is 37.0 Å². The smallest absolute Gasteiger partial charge is 0.382 e. The second kappa shape index (κ2) is 9.40. The highest BCUT2D eigenvalue weighted by Gasteiger charge is 2.59. The van der Waals surface area contributed by atoms with Crippen molar-refractivity contribution in [1.82, 2.24) is 9.55 Å². The molecule has 1 aliphatic heterocycles. The molecule has 6 atom stereocenters. The molecule has 0 saturated carbocycles. The molecule has 1 aliphatic rings. The number of nitrogens with one attached hydrogen (secondary N) is 1.